The molecule has 3 N–H and O–H groups in total. The van der Waals surface area contributed by atoms with Crippen molar-refractivity contribution in [2.75, 3.05) is 19.6 Å². The first-order valence-electron chi connectivity index (χ1n) is 8.45. The van der Waals surface area contributed by atoms with E-state index in [0.29, 0.717) is 30.1 Å². The van der Waals surface area contributed by atoms with E-state index >= 15 is 0 Å². The van der Waals surface area contributed by atoms with Gasteiger partial charge in [0.25, 0.3) is 5.91 Å². The fourth-order valence-corrected chi connectivity index (χ4v) is 2.03. The van der Waals surface area contributed by atoms with Crippen molar-refractivity contribution in [1.82, 2.24) is 16.0 Å². The van der Waals surface area contributed by atoms with Crippen LogP contribution >= 0.6 is 11.6 Å². The van der Waals surface area contributed by atoms with Crippen molar-refractivity contribution in [2.24, 2.45) is 0 Å². The van der Waals surface area contributed by atoms with Crippen molar-refractivity contribution in [3.8, 4) is 0 Å². The molecule has 0 fully saturated rings. The number of hydrogen-bond acceptors (Lipinski definition) is 4. The molecule has 0 radical (unpaired) electrons. The lowest BCUT2D eigenvalue weighted by Gasteiger charge is -2.19. The van der Waals surface area contributed by atoms with Crippen molar-refractivity contribution >= 4 is 29.5 Å². The average molecular weight is 384 g/mol. The molecular weight excluding hydrogens is 358 g/mol. The van der Waals surface area contributed by atoms with Gasteiger partial charge >= 0.3 is 6.09 Å². The number of alkyl carbamates (subject to hydrolysis) is 1. The Kier molecular flexibility index (Phi) is 8.92. The van der Waals surface area contributed by atoms with E-state index in [1.165, 1.54) is 0 Å². The van der Waals surface area contributed by atoms with Crippen molar-refractivity contribution in [3.63, 3.8) is 0 Å². The van der Waals surface area contributed by atoms with Crippen LogP contribution in [0.1, 0.15) is 44.0 Å². The lowest BCUT2D eigenvalue weighted by Crippen LogP contribution is -2.35. The highest BCUT2D eigenvalue weighted by atomic mass is 35.5. The Morgan fingerprint density at radius 1 is 0.962 bits per heavy atom. The predicted octanol–water partition coefficient (Wildman–Crippen LogP) is 2.49. The molecule has 0 aliphatic rings. The summed E-state index contributed by atoms with van der Waals surface area (Å²) in [4.78, 5) is 34.9. The Labute approximate surface area is 158 Å². The number of rotatable bonds is 8. The van der Waals surface area contributed by atoms with Gasteiger partial charge in [-0.05, 0) is 51.5 Å². The van der Waals surface area contributed by atoms with Crippen LogP contribution in [0.5, 0.6) is 0 Å². The van der Waals surface area contributed by atoms with Crippen LogP contribution in [0.2, 0.25) is 5.02 Å². The topological polar surface area (TPSA) is 96.5 Å². The van der Waals surface area contributed by atoms with Crippen molar-refractivity contribution in [3.05, 3.63) is 34.9 Å². The highest BCUT2D eigenvalue weighted by Gasteiger charge is 2.15. The number of halogens is 1. The van der Waals surface area contributed by atoms with Gasteiger partial charge < -0.3 is 20.7 Å². The van der Waals surface area contributed by atoms with Gasteiger partial charge in [-0.3, -0.25) is 9.59 Å². The van der Waals surface area contributed by atoms with Crippen molar-refractivity contribution < 1.29 is 19.1 Å². The summed E-state index contributed by atoms with van der Waals surface area (Å²) in [6, 6.07) is 6.61. The Morgan fingerprint density at radius 2 is 1.58 bits per heavy atom. The second-order valence-electron chi connectivity index (χ2n) is 6.64. The van der Waals surface area contributed by atoms with E-state index in [4.69, 9.17) is 16.3 Å². The van der Waals surface area contributed by atoms with Gasteiger partial charge in [0.2, 0.25) is 5.91 Å². The normalized spacial score (nSPS) is 10.8. The monoisotopic (exact) mass is 383 g/mol. The minimum Gasteiger partial charge on any atom is -0.444 e. The van der Waals surface area contributed by atoms with Gasteiger partial charge in [0.1, 0.15) is 5.60 Å². The lowest BCUT2D eigenvalue weighted by atomic mass is 10.2. The minimum atomic E-state index is -0.567. The second kappa shape index (κ2) is 10.7. The van der Waals surface area contributed by atoms with Gasteiger partial charge in [-0.1, -0.05) is 11.6 Å². The van der Waals surface area contributed by atoms with Crippen LogP contribution < -0.4 is 16.0 Å². The van der Waals surface area contributed by atoms with Crippen LogP contribution in [0.15, 0.2) is 24.3 Å². The van der Waals surface area contributed by atoms with Gasteiger partial charge in [-0.2, -0.15) is 0 Å². The molecule has 144 valence electrons. The van der Waals surface area contributed by atoms with Gasteiger partial charge in [0.05, 0.1) is 0 Å². The number of carbonyl (C=O) groups is 3. The molecule has 0 saturated carbocycles. The maximum Gasteiger partial charge on any atom is 0.407 e. The smallest absolute Gasteiger partial charge is 0.407 e. The third-order valence-electron chi connectivity index (χ3n) is 3.09. The van der Waals surface area contributed by atoms with Gasteiger partial charge in [-0.15, -0.1) is 0 Å². The van der Waals surface area contributed by atoms with E-state index in [1.807, 2.05) is 0 Å². The quantitative estimate of drug-likeness (QED) is 0.601. The van der Waals surface area contributed by atoms with Crippen molar-refractivity contribution in [1.29, 1.82) is 0 Å². The maximum atomic E-state index is 11.9. The number of nitrogens with one attached hydrogen (secondary N) is 3. The zero-order valence-electron chi connectivity index (χ0n) is 15.4. The predicted molar refractivity (Wildman–Crippen MR) is 100 cm³/mol. The second-order valence-corrected chi connectivity index (χ2v) is 7.08. The summed E-state index contributed by atoms with van der Waals surface area (Å²) >= 11 is 5.77. The molecule has 0 aromatic heterocycles. The molecular formula is C18H26ClN3O4. The molecule has 26 heavy (non-hydrogen) atoms. The van der Waals surface area contributed by atoms with E-state index in [9.17, 15) is 14.4 Å². The molecule has 0 aliphatic carbocycles. The average Bonchev–Trinajstić information content (AvgIpc) is 2.53. The highest BCUT2D eigenvalue weighted by Crippen LogP contribution is 2.09. The Hall–Kier alpha value is -2.28. The summed E-state index contributed by atoms with van der Waals surface area (Å²) in [5.41, 5.74) is -0.0327. The first kappa shape index (κ1) is 21.8. The van der Waals surface area contributed by atoms with Gasteiger partial charge in [0, 0.05) is 36.6 Å². The Morgan fingerprint density at radius 3 is 2.19 bits per heavy atom. The zero-order valence-corrected chi connectivity index (χ0v) is 16.1. The molecule has 0 bridgehead atoms. The van der Waals surface area contributed by atoms with Crippen LogP contribution in [-0.4, -0.2) is 43.1 Å². The standard InChI is InChI=1S/C18H26ClN3O4/c1-18(2,3)26-17(25)22-12-9-15(23)20-10-4-11-21-16(24)13-5-7-14(19)8-6-13/h5-8H,4,9-12H2,1-3H3,(H,20,23)(H,21,24)(H,22,25). The molecule has 0 saturated heterocycles. The summed E-state index contributed by atoms with van der Waals surface area (Å²) in [5.74, 6) is -0.361. The van der Waals surface area contributed by atoms with E-state index in [2.05, 4.69) is 16.0 Å². The molecule has 1 aromatic rings. The highest BCUT2D eigenvalue weighted by molar-refractivity contribution is 6.30. The summed E-state index contributed by atoms with van der Waals surface area (Å²) in [6.45, 7) is 6.39. The van der Waals surface area contributed by atoms with E-state index in [-0.39, 0.29) is 24.8 Å². The number of amides is 3. The SMILES string of the molecule is CC(C)(C)OC(=O)NCCC(=O)NCCCNC(=O)c1ccc(Cl)cc1. The van der Waals surface area contributed by atoms with E-state index < -0.39 is 11.7 Å². The molecule has 8 heteroatoms. The number of hydrogen-bond donors (Lipinski definition) is 3. The third kappa shape index (κ3) is 9.88. The van der Waals surface area contributed by atoms with Crippen LogP contribution in [-0.2, 0) is 9.53 Å². The van der Waals surface area contributed by atoms with Gasteiger partial charge in [0.15, 0.2) is 0 Å². The fraction of sp³-hybridized carbons (Fsp3) is 0.500. The molecule has 0 atom stereocenters. The van der Waals surface area contributed by atoms with Crippen LogP contribution in [0.25, 0.3) is 0 Å². The van der Waals surface area contributed by atoms with Crippen LogP contribution in [0.4, 0.5) is 4.79 Å². The molecule has 0 heterocycles. The Bertz CT molecular complexity index is 612. The van der Waals surface area contributed by atoms with Crippen LogP contribution in [0.3, 0.4) is 0 Å². The van der Waals surface area contributed by atoms with E-state index in [0.717, 1.165) is 0 Å². The summed E-state index contributed by atoms with van der Waals surface area (Å²) in [5, 5.41) is 8.59. The molecule has 1 rings (SSSR count). The zero-order chi connectivity index (χ0) is 19.6. The molecule has 0 unspecified atom stereocenters. The maximum absolute atomic E-state index is 11.9. The number of benzene rings is 1. The van der Waals surface area contributed by atoms with Crippen molar-refractivity contribution in [2.45, 2.75) is 39.2 Å². The molecule has 3 amide bonds. The molecule has 0 spiro atoms. The van der Waals surface area contributed by atoms with Crippen LogP contribution in [0, 0.1) is 0 Å². The minimum absolute atomic E-state index is 0.163. The first-order chi connectivity index (χ1) is 12.2. The lowest BCUT2D eigenvalue weighted by molar-refractivity contribution is -0.120. The van der Waals surface area contributed by atoms with E-state index in [1.54, 1.807) is 45.0 Å². The summed E-state index contributed by atoms with van der Waals surface area (Å²) in [7, 11) is 0. The summed E-state index contributed by atoms with van der Waals surface area (Å²) < 4.78 is 5.07. The molecule has 7 nitrogen and oxygen atoms in total. The third-order valence-corrected chi connectivity index (χ3v) is 3.34. The first-order valence-corrected chi connectivity index (χ1v) is 8.82. The van der Waals surface area contributed by atoms with Gasteiger partial charge in [-0.25, -0.2) is 4.79 Å². The number of carbonyl (C=O) groups excluding carboxylic acids is 3. The molecule has 1 aromatic carbocycles. The summed E-state index contributed by atoms with van der Waals surface area (Å²) in [6.07, 6.45) is 0.219. The fourth-order valence-electron chi connectivity index (χ4n) is 1.90. The molecule has 0 aliphatic heterocycles. The largest absolute Gasteiger partial charge is 0.444 e. The Balaban J connectivity index is 2.08. The number of ether oxygens (including phenoxy) is 1.